The van der Waals surface area contributed by atoms with Gasteiger partial charge in [-0.25, -0.2) is 4.79 Å². The summed E-state index contributed by atoms with van der Waals surface area (Å²) in [5.41, 5.74) is 4.47. The van der Waals surface area contributed by atoms with Crippen molar-refractivity contribution in [2.45, 2.75) is 6.54 Å². The summed E-state index contributed by atoms with van der Waals surface area (Å²) in [7, 11) is 3.81. The average molecular weight is 257 g/mol. The summed E-state index contributed by atoms with van der Waals surface area (Å²) in [6.07, 6.45) is 0. The largest absolute Gasteiger partial charge is 0.323 e. The topological polar surface area (TPSA) is 78.5 Å². The molecule has 0 bridgehead atoms. The van der Waals surface area contributed by atoms with E-state index in [2.05, 4.69) is 20.4 Å². The van der Waals surface area contributed by atoms with E-state index < -0.39 is 0 Å². The van der Waals surface area contributed by atoms with E-state index in [-0.39, 0.29) is 5.69 Å². The van der Waals surface area contributed by atoms with Gasteiger partial charge >= 0.3 is 5.69 Å². The Morgan fingerprint density at radius 1 is 1.26 bits per heavy atom. The summed E-state index contributed by atoms with van der Waals surface area (Å²) >= 11 is 0. The number of hydrogen-bond acceptors (Lipinski definition) is 3. The van der Waals surface area contributed by atoms with Crippen molar-refractivity contribution in [3.05, 3.63) is 40.4 Å². The Balaban J connectivity index is 2.10. The van der Waals surface area contributed by atoms with Crippen LogP contribution < -0.4 is 11.0 Å². The van der Waals surface area contributed by atoms with Gasteiger partial charge in [0, 0.05) is 19.2 Å². The third-order valence-electron chi connectivity index (χ3n) is 3.10. The SMILES string of the molecule is CNCc1cc(-c2ccc3[nH]c(=O)[nH]c3c2)n(C)n1. The Morgan fingerprint density at radius 2 is 2.05 bits per heavy atom. The molecule has 1 aromatic carbocycles. The molecule has 0 radical (unpaired) electrons. The molecule has 3 rings (SSSR count). The summed E-state index contributed by atoms with van der Waals surface area (Å²) in [4.78, 5) is 16.8. The van der Waals surface area contributed by atoms with Gasteiger partial charge in [-0.2, -0.15) is 5.10 Å². The van der Waals surface area contributed by atoms with Crippen molar-refractivity contribution < 1.29 is 0 Å². The molecule has 0 saturated heterocycles. The number of fused-ring (bicyclic) bond motifs is 1. The molecule has 0 amide bonds. The van der Waals surface area contributed by atoms with Crippen LogP contribution in [-0.2, 0) is 13.6 Å². The maximum atomic E-state index is 11.3. The second-order valence-corrected chi connectivity index (χ2v) is 4.51. The number of hydrogen-bond donors (Lipinski definition) is 3. The molecule has 0 fully saturated rings. The van der Waals surface area contributed by atoms with Crippen LogP contribution in [0, 0.1) is 0 Å². The highest BCUT2D eigenvalue weighted by Crippen LogP contribution is 2.22. The fraction of sp³-hybridized carbons (Fsp3) is 0.231. The van der Waals surface area contributed by atoms with E-state index in [1.165, 1.54) is 0 Å². The van der Waals surface area contributed by atoms with Crippen molar-refractivity contribution in [3.8, 4) is 11.3 Å². The molecule has 0 unspecified atom stereocenters. The summed E-state index contributed by atoms with van der Waals surface area (Å²) in [6.45, 7) is 0.733. The van der Waals surface area contributed by atoms with E-state index in [0.29, 0.717) is 0 Å². The number of aromatic nitrogens is 4. The normalized spacial score (nSPS) is 11.3. The number of nitrogens with one attached hydrogen (secondary N) is 3. The third-order valence-corrected chi connectivity index (χ3v) is 3.10. The van der Waals surface area contributed by atoms with Gasteiger partial charge in [0.2, 0.25) is 0 Å². The molecular weight excluding hydrogens is 242 g/mol. The molecule has 98 valence electrons. The van der Waals surface area contributed by atoms with E-state index in [1.54, 1.807) is 0 Å². The van der Waals surface area contributed by atoms with Gasteiger partial charge in [-0.05, 0) is 25.2 Å². The highest BCUT2D eigenvalue weighted by atomic mass is 16.1. The van der Waals surface area contributed by atoms with E-state index >= 15 is 0 Å². The molecule has 0 aliphatic rings. The average Bonchev–Trinajstić information content (AvgIpc) is 2.90. The minimum Gasteiger partial charge on any atom is -0.314 e. The van der Waals surface area contributed by atoms with Crippen LogP contribution in [0.15, 0.2) is 29.1 Å². The Bertz CT molecular complexity index is 780. The number of nitrogens with zero attached hydrogens (tertiary/aromatic N) is 2. The minimum atomic E-state index is -0.187. The van der Waals surface area contributed by atoms with E-state index in [4.69, 9.17) is 0 Å². The molecule has 3 aromatic rings. The predicted molar refractivity (Wildman–Crippen MR) is 73.9 cm³/mol. The summed E-state index contributed by atoms with van der Waals surface area (Å²) in [5, 5.41) is 7.52. The molecule has 0 aliphatic heterocycles. The summed E-state index contributed by atoms with van der Waals surface area (Å²) < 4.78 is 1.85. The van der Waals surface area contributed by atoms with Gasteiger partial charge in [0.15, 0.2) is 0 Å². The van der Waals surface area contributed by atoms with E-state index in [9.17, 15) is 4.79 Å². The molecule has 0 spiro atoms. The molecule has 0 aliphatic carbocycles. The number of benzene rings is 1. The zero-order valence-corrected chi connectivity index (χ0v) is 10.8. The summed E-state index contributed by atoms with van der Waals surface area (Å²) in [5.74, 6) is 0. The number of aromatic amines is 2. The smallest absolute Gasteiger partial charge is 0.314 e. The van der Waals surface area contributed by atoms with Crippen LogP contribution in [-0.4, -0.2) is 26.8 Å². The lowest BCUT2D eigenvalue weighted by Gasteiger charge is -2.01. The zero-order valence-electron chi connectivity index (χ0n) is 10.8. The molecule has 0 saturated carbocycles. The first-order chi connectivity index (χ1) is 9.17. The first kappa shape index (κ1) is 11.7. The maximum absolute atomic E-state index is 11.3. The van der Waals surface area contributed by atoms with Gasteiger partial charge in [0.25, 0.3) is 0 Å². The Kier molecular flexibility index (Phi) is 2.72. The van der Waals surface area contributed by atoms with Gasteiger partial charge in [-0.3, -0.25) is 4.68 Å². The number of H-pyrrole nitrogens is 2. The monoisotopic (exact) mass is 257 g/mol. The van der Waals surface area contributed by atoms with Crippen LogP contribution >= 0.6 is 0 Å². The number of aryl methyl sites for hydroxylation is 1. The predicted octanol–water partition coefficient (Wildman–Crippen LogP) is 0.976. The fourth-order valence-corrected chi connectivity index (χ4v) is 2.26. The maximum Gasteiger partial charge on any atom is 0.323 e. The lowest BCUT2D eigenvalue weighted by Crippen LogP contribution is -2.05. The Morgan fingerprint density at radius 3 is 2.84 bits per heavy atom. The van der Waals surface area contributed by atoms with Crippen molar-refractivity contribution >= 4 is 11.0 Å². The van der Waals surface area contributed by atoms with Crippen molar-refractivity contribution in [3.63, 3.8) is 0 Å². The van der Waals surface area contributed by atoms with Crippen molar-refractivity contribution in [2.75, 3.05) is 7.05 Å². The van der Waals surface area contributed by atoms with Gasteiger partial charge in [-0.15, -0.1) is 0 Å². The molecule has 2 aromatic heterocycles. The van der Waals surface area contributed by atoms with Crippen molar-refractivity contribution in [1.29, 1.82) is 0 Å². The highest BCUT2D eigenvalue weighted by molar-refractivity contribution is 5.80. The van der Waals surface area contributed by atoms with E-state index in [0.717, 1.165) is 34.5 Å². The highest BCUT2D eigenvalue weighted by Gasteiger charge is 2.08. The van der Waals surface area contributed by atoms with Crippen LogP contribution in [0.25, 0.3) is 22.3 Å². The Labute approximate surface area is 109 Å². The second kappa shape index (κ2) is 4.40. The third kappa shape index (κ3) is 2.06. The second-order valence-electron chi connectivity index (χ2n) is 4.51. The fourth-order valence-electron chi connectivity index (χ4n) is 2.26. The first-order valence-electron chi connectivity index (χ1n) is 6.07. The van der Waals surface area contributed by atoms with Crippen LogP contribution in [0.1, 0.15) is 5.69 Å². The standard InChI is InChI=1S/C13H15N5O/c1-14-7-9-6-12(18(2)17-9)8-3-4-10-11(5-8)16-13(19)15-10/h3-6,14H,7H2,1-2H3,(H2,15,16,19). The molecule has 0 atom stereocenters. The first-order valence-corrected chi connectivity index (χ1v) is 6.07. The van der Waals surface area contributed by atoms with Gasteiger partial charge in [0.1, 0.15) is 0 Å². The lowest BCUT2D eigenvalue weighted by atomic mass is 10.1. The van der Waals surface area contributed by atoms with Crippen molar-refractivity contribution in [2.24, 2.45) is 7.05 Å². The number of rotatable bonds is 3. The zero-order chi connectivity index (χ0) is 13.4. The molecule has 19 heavy (non-hydrogen) atoms. The number of imidazole rings is 1. The lowest BCUT2D eigenvalue weighted by molar-refractivity contribution is 0.716. The van der Waals surface area contributed by atoms with Crippen LogP contribution in [0.4, 0.5) is 0 Å². The minimum absolute atomic E-state index is 0.187. The molecular formula is C13H15N5O. The summed E-state index contributed by atoms with van der Waals surface area (Å²) in [6, 6.07) is 7.87. The molecule has 6 heteroatoms. The molecule has 6 nitrogen and oxygen atoms in total. The van der Waals surface area contributed by atoms with Crippen molar-refractivity contribution in [1.82, 2.24) is 25.1 Å². The quantitative estimate of drug-likeness (QED) is 0.654. The van der Waals surface area contributed by atoms with Crippen LogP contribution in [0.2, 0.25) is 0 Å². The van der Waals surface area contributed by atoms with Gasteiger partial charge < -0.3 is 15.3 Å². The molecule has 2 heterocycles. The Hall–Kier alpha value is -2.34. The van der Waals surface area contributed by atoms with Crippen LogP contribution in [0.3, 0.4) is 0 Å². The van der Waals surface area contributed by atoms with Gasteiger partial charge in [0.05, 0.1) is 22.4 Å². The van der Waals surface area contributed by atoms with Gasteiger partial charge in [-0.1, -0.05) is 6.07 Å². The molecule has 3 N–H and O–H groups in total. The van der Waals surface area contributed by atoms with Crippen LogP contribution in [0.5, 0.6) is 0 Å². The van der Waals surface area contributed by atoms with E-state index in [1.807, 2.05) is 43.0 Å².